The van der Waals surface area contributed by atoms with Crippen molar-refractivity contribution in [3.8, 4) is 0 Å². The summed E-state index contributed by atoms with van der Waals surface area (Å²) in [6.07, 6.45) is 12.5. The Morgan fingerprint density at radius 3 is 1.47 bits per heavy atom. The molecule has 0 aromatic carbocycles. The Hall–Kier alpha value is -0.650. The van der Waals surface area contributed by atoms with Gasteiger partial charge in [0.2, 0.25) is 0 Å². The van der Waals surface area contributed by atoms with E-state index in [2.05, 4.69) is 34.3 Å². The molecule has 0 bridgehead atoms. The highest BCUT2D eigenvalue weighted by Crippen LogP contribution is 2.42. The minimum absolute atomic E-state index is 0.362. The summed E-state index contributed by atoms with van der Waals surface area (Å²) in [5.41, 5.74) is -0.573. The van der Waals surface area contributed by atoms with Gasteiger partial charge in [0.1, 0.15) is 0 Å². The van der Waals surface area contributed by atoms with Crippen LogP contribution in [0.3, 0.4) is 0 Å². The Bertz CT molecular complexity index is 466. The number of rotatable bonds is 24. The van der Waals surface area contributed by atoms with Crippen LogP contribution in [0.5, 0.6) is 0 Å². The van der Waals surface area contributed by atoms with E-state index in [1.807, 2.05) is 0 Å². The van der Waals surface area contributed by atoms with Crippen LogP contribution in [-0.2, 0) is 28.3 Å². The maximum atomic E-state index is 13.2. The summed E-state index contributed by atoms with van der Waals surface area (Å²) in [5, 5.41) is 0. The maximum absolute atomic E-state index is 13.2. The van der Waals surface area contributed by atoms with Gasteiger partial charge in [-0.15, -0.1) is 0 Å². The lowest BCUT2D eigenvalue weighted by atomic mass is 10.2. The minimum Gasteiger partial charge on any atom is -0.328 e. The van der Waals surface area contributed by atoms with Gasteiger partial charge in [-0.05, 0) is 25.7 Å². The van der Waals surface area contributed by atoms with Crippen LogP contribution < -0.4 is 0 Å². The van der Waals surface area contributed by atoms with Gasteiger partial charge < -0.3 is 18.9 Å². The summed E-state index contributed by atoms with van der Waals surface area (Å²) in [5.74, 6) is -2.79. The summed E-state index contributed by atoms with van der Waals surface area (Å²) in [4.78, 5) is 12.4. The first-order valence-corrected chi connectivity index (χ1v) is 14.0. The third-order valence-electron chi connectivity index (χ3n) is 5.08. The average molecular weight is 476 g/mol. The second-order valence-corrected chi connectivity index (χ2v) is 9.63. The van der Waals surface area contributed by atoms with E-state index in [1.54, 1.807) is 0 Å². The summed E-state index contributed by atoms with van der Waals surface area (Å²) in [7, 11) is -2.49. The number of allylic oxidation sites excluding steroid dienone is 1. The SMILES string of the molecule is C=CC(=O)[P+](=O)C(OCCCCC)C(OCCCCC)(OCCCCC)OCCCCC. The molecule has 0 radical (unpaired) electrons. The number of ether oxygens (including phenoxy) is 4. The van der Waals surface area contributed by atoms with Gasteiger partial charge in [-0.2, -0.15) is 0 Å². The van der Waals surface area contributed by atoms with E-state index in [0.717, 1.165) is 83.1 Å². The largest absolute Gasteiger partial charge is 0.460 e. The highest BCUT2D eigenvalue weighted by Gasteiger charge is 2.58. The number of hydrogen-bond donors (Lipinski definition) is 0. The van der Waals surface area contributed by atoms with E-state index >= 15 is 0 Å². The highest BCUT2D eigenvalue weighted by atomic mass is 31.1. The molecule has 0 heterocycles. The summed E-state index contributed by atoms with van der Waals surface area (Å²) >= 11 is 0. The first-order chi connectivity index (χ1) is 15.5. The molecule has 0 aliphatic rings. The van der Waals surface area contributed by atoms with Crippen molar-refractivity contribution in [2.45, 2.75) is 117 Å². The molecular weight excluding hydrogens is 427 g/mol. The van der Waals surface area contributed by atoms with Crippen molar-refractivity contribution >= 4 is 13.3 Å². The smallest absolute Gasteiger partial charge is 0.328 e. The van der Waals surface area contributed by atoms with Gasteiger partial charge in [-0.3, -0.25) is 0 Å². The molecule has 2 atom stereocenters. The van der Waals surface area contributed by atoms with E-state index < -0.39 is 25.1 Å². The fourth-order valence-electron chi connectivity index (χ4n) is 3.10. The fraction of sp³-hybridized carbons (Fsp3) is 0.880. The normalized spacial score (nSPS) is 13.2. The van der Waals surface area contributed by atoms with Crippen LogP contribution in [0.2, 0.25) is 0 Å². The van der Waals surface area contributed by atoms with Crippen LogP contribution >= 0.6 is 7.80 Å². The topological polar surface area (TPSA) is 71.1 Å². The Balaban J connectivity index is 5.83. The lowest BCUT2D eigenvalue weighted by Crippen LogP contribution is -2.51. The standard InChI is InChI=1S/C25H48O6P/c1-6-11-15-19-28-24(32(27)23(26)10-5)25(29-20-16-12-7-2,30-21-17-13-8-3)31-22-18-14-9-4/h10,24H,5-9,11-22H2,1-4H3/q+1. The van der Waals surface area contributed by atoms with Crippen LogP contribution in [0.25, 0.3) is 0 Å². The van der Waals surface area contributed by atoms with Crippen LogP contribution in [0, 0.1) is 0 Å². The third kappa shape index (κ3) is 13.2. The predicted octanol–water partition coefficient (Wildman–Crippen LogP) is 7.33. The zero-order valence-corrected chi connectivity index (χ0v) is 22.0. The number of carbonyl (C=O) groups is 1. The monoisotopic (exact) mass is 475 g/mol. The molecule has 7 heteroatoms. The predicted molar refractivity (Wildman–Crippen MR) is 131 cm³/mol. The van der Waals surface area contributed by atoms with Gasteiger partial charge >= 0.3 is 25.1 Å². The molecule has 0 N–H and O–H groups in total. The van der Waals surface area contributed by atoms with Crippen LogP contribution in [-0.4, -0.2) is 43.8 Å². The van der Waals surface area contributed by atoms with Crippen molar-refractivity contribution in [3.05, 3.63) is 12.7 Å². The zero-order valence-electron chi connectivity index (χ0n) is 21.1. The average Bonchev–Trinajstić information content (AvgIpc) is 2.81. The molecule has 0 fully saturated rings. The Kier molecular flexibility index (Phi) is 20.5. The minimum atomic E-state index is -2.49. The fourth-order valence-corrected chi connectivity index (χ4v) is 4.27. The van der Waals surface area contributed by atoms with Crippen LogP contribution in [0.4, 0.5) is 0 Å². The third-order valence-corrected chi connectivity index (χ3v) is 6.59. The molecule has 0 saturated heterocycles. The lowest BCUT2D eigenvalue weighted by molar-refractivity contribution is -0.404. The van der Waals surface area contributed by atoms with Gasteiger partial charge in [-0.1, -0.05) is 90.2 Å². The van der Waals surface area contributed by atoms with E-state index in [0.29, 0.717) is 26.4 Å². The van der Waals surface area contributed by atoms with E-state index in [4.69, 9.17) is 18.9 Å². The molecular formula is C25H48O6P+. The van der Waals surface area contributed by atoms with Crippen molar-refractivity contribution in [2.24, 2.45) is 0 Å². The highest BCUT2D eigenvalue weighted by molar-refractivity contribution is 7.64. The molecule has 188 valence electrons. The molecule has 0 aliphatic carbocycles. The summed E-state index contributed by atoms with van der Waals surface area (Å²) in [6.45, 7) is 13.5. The van der Waals surface area contributed by atoms with Gasteiger partial charge in [0.05, 0.1) is 26.4 Å². The first kappa shape index (κ1) is 31.4. The van der Waals surface area contributed by atoms with Gasteiger partial charge in [0.25, 0.3) is 0 Å². The van der Waals surface area contributed by atoms with Crippen molar-refractivity contribution in [1.82, 2.24) is 0 Å². The molecule has 0 spiro atoms. The van der Waals surface area contributed by atoms with Crippen molar-refractivity contribution in [3.63, 3.8) is 0 Å². The van der Waals surface area contributed by atoms with Crippen LogP contribution in [0.1, 0.15) is 105 Å². The molecule has 0 aliphatic heterocycles. The zero-order chi connectivity index (χ0) is 24.1. The molecule has 32 heavy (non-hydrogen) atoms. The molecule has 0 rings (SSSR count). The second kappa shape index (κ2) is 20.9. The number of carbonyl (C=O) groups excluding carboxylic acids is 1. The van der Waals surface area contributed by atoms with Gasteiger partial charge in [0, 0.05) is 6.08 Å². The number of hydrogen-bond acceptors (Lipinski definition) is 6. The molecule has 6 nitrogen and oxygen atoms in total. The number of unbranched alkanes of at least 4 members (excludes halogenated alkanes) is 8. The lowest BCUT2D eigenvalue weighted by Gasteiger charge is -2.34. The van der Waals surface area contributed by atoms with E-state index in [-0.39, 0.29) is 0 Å². The molecule has 0 aromatic rings. The summed E-state index contributed by atoms with van der Waals surface area (Å²) < 4.78 is 37.8. The quantitative estimate of drug-likeness (QED) is 0.0630. The Labute approximate surface area is 197 Å². The molecule has 2 unspecified atom stereocenters. The maximum Gasteiger partial charge on any atom is 0.460 e. The van der Waals surface area contributed by atoms with Gasteiger partial charge in [-0.25, -0.2) is 4.79 Å². The summed E-state index contributed by atoms with van der Waals surface area (Å²) in [6, 6.07) is 0. The Morgan fingerprint density at radius 1 is 0.750 bits per heavy atom. The first-order valence-electron chi connectivity index (χ1n) is 12.7. The second-order valence-electron chi connectivity index (χ2n) is 8.07. The van der Waals surface area contributed by atoms with E-state index in [9.17, 15) is 9.36 Å². The van der Waals surface area contributed by atoms with Gasteiger partial charge in [0.15, 0.2) is 0 Å². The Morgan fingerprint density at radius 2 is 1.12 bits per heavy atom. The van der Waals surface area contributed by atoms with Crippen molar-refractivity contribution < 1.29 is 28.3 Å². The van der Waals surface area contributed by atoms with E-state index in [1.165, 1.54) is 0 Å². The molecule has 0 aromatic heterocycles. The van der Waals surface area contributed by atoms with Crippen molar-refractivity contribution in [1.29, 1.82) is 0 Å². The molecule has 0 amide bonds. The van der Waals surface area contributed by atoms with Crippen LogP contribution in [0.15, 0.2) is 12.7 Å². The van der Waals surface area contributed by atoms with Crippen molar-refractivity contribution in [2.75, 3.05) is 26.4 Å². The molecule has 0 saturated carbocycles.